The van der Waals surface area contributed by atoms with Crippen molar-refractivity contribution in [1.82, 2.24) is 0 Å². The lowest BCUT2D eigenvalue weighted by Crippen LogP contribution is -2.15. The van der Waals surface area contributed by atoms with E-state index in [-0.39, 0.29) is 12.4 Å². The van der Waals surface area contributed by atoms with Gasteiger partial charge in [0.15, 0.2) is 0 Å². The van der Waals surface area contributed by atoms with Gasteiger partial charge in [-0.2, -0.15) is 0 Å². The predicted molar refractivity (Wildman–Crippen MR) is 79.1 cm³/mol. The number of unbranched alkanes of at least 4 members (excludes halogenated alkanes) is 8. The molecule has 19 heavy (non-hydrogen) atoms. The number of aliphatic hydroxyl groups is 1. The lowest BCUT2D eigenvalue weighted by Gasteiger charge is -2.09. The number of esters is 1. The van der Waals surface area contributed by atoms with Crippen LogP contribution in [0.2, 0.25) is 0 Å². The van der Waals surface area contributed by atoms with Crippen LogP contribution in [0.15, 0.2) is 0 Å². The molecule has 0 aromatic carbocycles. The second-order valence-electron chi connectivity index (χ2n) is 5.28. The molecule has 0 bridgehead atoms. The summed E-state index contributed by atoms with van der Waals surface area (Å²) < 4.78 is 4.81. The number of hydrogen-bond acceptors (Lipinski definition) is 3. The Morgan fingerprint density at radius 3 is 2.00 bits per heavy atom. The van der Waals surface area contributed by atoms with Gasteiger partial charge in [0.05, 0.1) is 19.1 Å². The number of aliphatic hydroxyl groups excluding tert-OH is 1. The first-order chi connectivity index (χ1) is 9.20. The van der Waals surface area contributed by atoms with Crippen molar-refractivity contribution in [2.75, 3.05) is 6.61 Å². The molecule has 0 rings (SSSR count). The Hall–Kier alpha value is -0.570. The van der Waals surface area contributed by atoms with Crippen LogP contribution in [0.3, 0.4) is 0 Å². The zero-order chi connectivity index (χ0) is 14.3. The van der Waals surface area contributed by atoms with Gasteiger partial charge in [-0.25, -0.2) is 0 Å². The monoisotopic (exact) mass is 272 g/mol. The minimum atomic E-state index is -0.524. The third kappa shape index (κ3) is 13.7. The molecule has 0 amide bonds. The third-order valence-corrected chi connectivity index (χ3v) is 3.35. The molecule has 0 saturated carbocycles. The molecule has 0 fully saturated rings. The first-order valence-electron chi connectivity index (χ1n) is 8.04. The Kier molecular flexibility index (Phi) is 13.4. The molecule has 3 nitrogen and oxygen atoms in total. The first-order valence-corrected chi connectivity index (χ1v) is 8.04. The highest BCUT2D eigenvalue weighted by Crippen LogP contribution is 2.12. The topological polar surface area (TPSA) is 46.5 Å². The van der Waals surface area contributed by atoms with Crippen LogP contribution in [0.25, 0.3) is 0 Å². The molecular weight excluding hydrogens is 240 g/mol. The quantitative estimate of drug-likeness (QED) is 0.403. The van der Waals surface area contributed by atoms with E-state index >= 15 is 0 Å². The van der Waals surface area contributed by atoms with E-state index in [1.165, 1.54) is 44.9 Å². The van der Waals surface area contributed by atoms with E-state index in [1.807, 2.05) is 0 Å². The van der Waals surface area contributed by atoms with Gasteiger partial charge in [-0.05, 0) is 13.3 Å². The number of rotatable bonds is 13. The highest BCUT2D eigenvalue weighted by molar-refractivity contribution is 5.69. The number of hydrogen-bond donors (Lipinski definition) is 1. The van der Waals surface area contributed by atoms with E-state index in [4.69, 9.17) is 4.74 Å². The molecule has 0 radical (unpaired) electrons. The Bertz CT molecular complexity index is 204. The molecule has 0 spiro atoms. The fraction of sp³-hybridized carbons (Fsp3) is 0.938. The molecule has 0 unspecified atom stereocenters. The van der Waals surface area contributed by atoms with Gasteiger partial charge in [-0.1, -0.05) is 64.7 Å². The fourth-order valence-corrected chi connectivity index (χ4v) is 2.20. The smallest absolute Gasteiger partial charge is 0.308 e. The van der Waals surface area contributed by atoms with E-state index < -0.39 is 6.10 Å². The van der Waals surface area contributed by atoms with Gasteiger partial charge in [-0.15, -0.1) is 0 Å². The summed E-state index contributed by atoms with van der Waals surface area (Å²) in [7, 11) is 0. The average Bonchev–Trinajstić information content (AvgIpc) is 2.37. The van der Waals surface area contributed by atoms with Gasteiger partial charge in [0.2, 0.25) is 0 Å². The van der Waals surface area contributed by atoms with Crippen LogP contribution in [0.1, 0.15) is 84.5 Å². The van der Waals surface area contributed by atoms with Crippen LogP contribution in [-0.4, -0.2) is 23.8 Å². The third-order valence-electron chi connectivity index (χ3n) is 3.35. The summed E-state index contributed by atoms with van der Waals surface area (Å²) in [5.74, 6) is -0.286. The molecule has 3 heteroatoms. The summed E-state index contributed by atoms with van der Waals surface area (Å²) >= 11 is 0. The zero-order valence-corrected chi connectivity index (χ0v) is 12.8. The van der Waals surface area contributed by atoms with Crippen molar-refractivity contribution in [1.29, 1.82) is 0 Å². The van der Waals surface area contributed by atoms with Crippen molar-refractivity contribution < 1.29 is 14.6 Å². The van der Waals surface area contributed by atoms with Crippen LogP contribution in [0.4, 0.5) is 0 Å². The maximum atomic E-state index is 11.1. The SMILES string of the molecule is CCCCCCCCCCC[C@@H](O)CC(=O)OCC. The largest absolute Gasteiger partial charge is 0.466 e. The number of carbonyl (C=O) groups excluding carboxylic acids is 1. The Labute approximate surface area is 118 Å². The van der Waals surface area contributed by atoms with Gasteiger partial charge < -0.3 is 9.84 Å². The van der Waals surface area contributed by atoms with Crippen molar-refractivity contribution in [2.45, 2.75) is 90.6 Å². The number of ether oxygens (including phenoxy) is 1. The van der Waals surface area contributed by atoms with Gasteiger partial charge in [0, 0.05) is 0 Å². The molecule has 0 saturated heterocycles. The Morgan fingerprint density at radius 1 is 0.947 bits per heavy atom. The van der Waals surface area contributed by atoms with Crippen molar-refractivity contribution in [3.8, 4) is 0 Å². The summed E-state index contributed by atoms with van der Waals surface area (Å²) in [6.45, 7) is 4.41. The maximum absolute atomic E-state index is 11.1. The van der Waals surface area contributed by atoms with Crippen molar-refractivity contribution in [3.63, 3.8) is 0 Å². The lowest BCUT2D eigenvalue weighted by molar-refractivity contribution is -0.145. The Morgan fingerprint density at radius 2 is 1.47 bits per heavy atom. The van der Waals surface area contributed by atoms with Gasteiger partial charge >= 0.3 is 5.97 Å². The minimum absolute atomic E-state index is 0.144. The van der Waals surface area contributed by atoms with E-state index in [9.17, 15) is 9.90 Å². The maximum Gasteiger partial charge on any atom is 0.308 e. The molecular formula is C16H32O3. The summed E-state index contributed by atoms with van der Waals surface area (Å²) in [4.78, 5) is 11.1. The fourth-order valence-electron chi connectivity index (χ4n) is 2.20. The van der Waals surface area contributed by atoms with Crippen LogP contribution in [-0.2, 0) is 9.53 Å². The molecule has 0 aromatic heterocycles. The zero-order valence-electron chi connectivity index (χ0n) is 12.8. The normalized spacial score (nSPS) is 12.4. The van der Waals surface area contributed by atoms with E-state index in [0.717, 1.165) is 12.8 Å². The van der Waals surface area contributed by atoms with Crippen LogP contribution in [0, 0.1) is 0 Å². The molecule has 1 N–H and O–H groups in total. The summed E-state index contributed by atoms with van der Waals surface area (Å²) in [6.07, 6.45) is 11.8. The van der Waals surface area contributed by atoms with Gasteiger partial charge in [0.1, 0.15) is 0 Å². The molecule has 0 aromatic rings. The van der Waals surface area contributed by atoms with Crippen LogP contribution >= 0.6 is 0 Å². The van der Waals surface area contributed by atoms with E-state index in [0.29, 0.717) is 13.0 Å². The Balaban J connectivity index is 3.22. The standard InChI is InChI=1S/C16H32O3/c1-3-5-6-7-8-9-10-11-12-13-15(17)14-16(18)19-4-2/h15,17H,3-14H2,1-2H3/t15-/m1/s1. The molecule has 1 atom stereocenters. The molecule has 0 aliphatic heterocycles. The van der Waals surface area contributed by atoms with Gasteiger partial charge in [0.25, 0.3) is 0 Å². The van der Waals surface area contributed by atoms with Crippen LogP contribution in [0.5, 0.6) is 0 Å². The second-order valence-corrected chi connectivity index (χ2v) is 5.28. The summed E-state index contributed by atoms with van der Waals surface area (Å²) in [6, 6.07) is 0. The van der Waals surface area contributed by atoms with E-state index in [1.54, 1.807) is 6.92 Å². The molecule has 0 heterocycles. The van der Waals surface area contributed by atoms with Crippen molar-refractivity contribution in [2.24, 2.45) is 0 Å². The predicted octanol–water partition coefficient (Wildman–Crippen LogP) is 4.22. The van der Waals surface area contributed by atoms with Crippen molar-refractivity contribution >= 4 is 5.97 Å². The average molecular weight is 272 g/mol. The van der Waals surface area contributed by atoms with E-state index in [2.05, 4.69) is 6.92 Å². The minimum Gasteiger partial charge on any atom is -0.466 e. The number of carbonyl (C=O) groups is 1. The highest BCUT2D eigenvalue weighted by Gasteiger charge is 2.10. The first kappa shape index (κ1) is 18.4. The summed E-state index contributed by atoms with van der Waals surface area (Å²) in [5.41, 5.74) is 0. The van der Waals surface area contributed by atoms with Crippen LogP contribution < -0.4 is 0 Å². The molecule has 0 aliphatic rings. The molecule has 114 valence electrons. The van der Waals surface area contributed by atoms with Gasteiger partial charge in [-0.3, -0.25) is 4.79 Å². The van der Waals surface area contributed by atoms with Crippen molar-refractivity contribution in [3.05, 3.63) is 0 Å². The highest BCUT2D eigenvalue weighted by atomic mass is 16.5. The summed E-state index contributed by atoms with van der Waals surface area (Å²) in [5, 5.41) is 9.65. The lowest BCUT2D eigenvalue weighted by atomic mass is 10.0. The molecule has 0 aliphatic carbocycles. The second kappa shape index (κ2) is 13.9.